The highest BCUT2D eigenvalue weighted by atomic mass is 19.3. The van der Waals surface area contributed by atoms with E-state index in [1.807, 2.05) is 0 Å². The molecule has 0 aliphatic carbocycles. The number of rotatable bonds is 4. The number of carbonyl (C=O) groups is 1. The van der Waals surface area contributed by atoms with Gasteiger partial charge in [-0.3, -0.25) is 9.48 Å². The molecule has 2 N–H and O–H groups in total. The van der Waals surface area contributed by atoms with Crippen molar-refractivity contribution in [2.24, 2.45) is 7.05 Å². The molecule has 2 heterocycles. The zero-order chi connectivity index (χ0) is 13.1. The third kappa shape index (κ3) is 2.53. The van der Waals surface area contributed by atoms with Gasteiger partial charge in [-0.05, 0) is 0 Å². The zero-order valence-corrected chi connectivity index (χ0v) is 9.52. The van der Waals surface area contributed by atoms with Crippen molar-refractivity contribution in [3.63, 3.8) is 0 Å². The van der Waals surface area contributed by atoms with Gasteiger partial charge >= 0.3 is 0 Å². The third-order valence-electron chi connectivity index (χ3n) is 2.30. The average molecular weight is 255 g/mol. The maximum atomic E-state index is 12.6. The van der Waals surface area contributed by atoms with Crippen LogP contribution in [-0.4, -0.2) is 25.7 Å². The van der Waals surface area contributed by atoms with Gasteiger partial charge in [0.15, 0.2) is 5.82 Å². The second-order valence-electron chi connectivity index (χ2n) is 3.63. The molecule has 2 rings (SSSR count). The standard InChI is InChI=1S/C10H11F2N5O/c1-17-5-6(7(16-17)8(11)12)4-15-10(18)9-13-2-3-14-9/h2-3,5,8H,4H2,1H3,(H,13,14)(H,15,18). The van der Waals surface area contributed by atoms with Gasteiger partial charge in [-0.1, -0.05) is 0 Å². The zero-order valence-electron chi connectivity index (χ0n) is 9.52. The molecular formula is C10H11F2N5O. The fraction of sp³-hybridized carbons (Fsp3) is 0.300. The van der Waals surface area contributed by atoms with E-state index in [1.165, 1.54) is 23.3 Å². The van der Waals surface area contributed by atoms with Gasteiger partial charge in [0.1, 0.15) is 5.69 Å². The first-order chi connectivity index (χ1) is 8.58. The summed E-state index contributed by atoms with van der Waals surface area (Å²) in [6.07, 6.45) is 1.72. The molecule has 0 radical (unpaired) electrons. The average Bonchev–Trinajstić information content (AvgIpc) is 2.94. The highest BCUT2D eigenvalue weighted by Crippen LogP contribution is 2.20. The molecule has 0 saturated heterocycles. The predicted molar refractivity (Wildman–Crippen MR) is 57.9 cm³/mol. The molecule has 0 aromatic carbocycles. The van der Waals surface area contributed by atoms with Crippen LogP contribution < -0.4 is 5.32 Å². The summed E-state index contributed by atoms with van der Waals surface area (Å²) >= 11 is 0. The fourth-order valence-electron chi connectivity index (χ4n) is 1.52. The van der Waals surface area contributed by atoms with Crippen molar-refractivity contribution in [2.45, 2.75) is 13.0 Å². The van der Waals surface area contributed by atoms with Crippen LogP contribution in [0.4, 0.5) is 8.78 Å². The summed E-state index contributed by atoms with van der Waals surface area (Å²) in [4.78, 5) is 17.9. The van der Waals surface area contributed by atoms with E-state index in [4.69, 9.17) is 0 Å². The number of aromatic amines is 1. The van der Waals surface area contributed by atoms with Crippen LogP contribution in [-0.2, 0) is 13.6 Å². The molecule has 0 fully saturated rings. The van der Waals surface area contributed by atoms with E-state index >= 15 is 0 Å². The second kappa shape index (κ2) is 4.94. The first-order valence-corrected chi connectivity index (χ1v) is 5.16. The minimum absolute atomic E-state index is 0.0208. The van der Waals surface area contributed by atoms with Gasteiger partial charge in [0, 0.05) is 37.7 Å². The number of aromatic nitrogens is 4. The normalized spacial score (nSPS) is 10.9. The maximum absolute atomic E-state index is 12.6. The van der Waals surface area contributed by atoms with Gasteiger partial charge in [-0.15, -0.1) is 0 Å². The largest absolute Gasteiger partial charge is 0.345 e. The van der Waals surface area contributed by atoms with Crippen molar-refractivity contribution in [3.05, 3.63) is 35.7 Å². The predicted octanol–water partition coefficient (Wildman–Crippen LogP) is 1.01. The van der Waals surface area contributed by atoms with Gasteiger partial charge in [0.05, 0.1) is 0 Å². The lowest BCUT2D eigenvalue weighted by Crippen LogP contribution is -2.24. The maximum Gasteiger partial charge on any atom is 0.287 e. The van der Waals surface area contributed by atoms with Crippen molar-refractivity contribution >= 4 is 5.91 Å². The number of hydrogen-bond donors (Lipinski definition) is 2. The summed E-state index contributed by atoms with van der Waals surface area (Å²) in [6, 6.07) is 0. The van der Waals surface area contributed by atoms with E-state index in [9.17, 15) is 13.6 Å². The van der Waals surface area contributed by atoms with E-state index in [0.29, 0.717) is 0 Å². The number of nitrogens with one attached hydrogen (secondary N) is 2. The molecule has 1 amide bonds. The highest BCUT2D eigenvalue weighted by molar-refractivity contribution is 5.90. The third-order valence-corrected chi connectivity index (χ3v) is 2.30. The molecular weight excluding hydrogens is 244 g/mol. The van der Waals surface area contributed by atoms with Gasteiger partial charge in [0.2, 0.25) is 0 Å². The van der Waals surface area contributed by atoms with Crippen molar-refractivity contribution in [1.82, 2.24) is 25.1 Å². The smallest absolute Gasteiger partial charge is 0.287 e. The summed E-state index contributed by atoms with van der Waals surface area (Å²) in [5.74, 6) is -0.318. The summed E-state index contributed by atoms with van der Waals surface area (Å²) < 4.78 is 26.6. The Hall–Kier alpha value is -2.25. The van der Waals surface area contributed by atoms with Gasteiger partial charge in [-0.25, -0.2) is 13.8 Å². The molecule has 0 aliphatic rings. The molecule has 8 heteroatoms. The Kier molecular flexibility index (Phi) is 3.35. The first kappa shape index (κ1) is 12.2. The lowest BCUT2D eigenvalue weighted by Gasteiger charge is -2.03. The molecule has 0 saturated carbocycles. The van der Waals surface area contributed by atoms with E-state index < -0.39 is 12.3 Å². The van der Waals surface area contributed by atoms with Crippen LogP contribution in [0.25, 0.3) is 0 Å². The lowest BCUT2D eigenvalue weighted by atomic mass is 10.2. The van der Waals surface area contributed by atoms with Crippen LogP contribution in [0.1, 0.15) is 28.3 Å². The fourth-order valence-corrected chi connectivity index (χ4v) is 1.52. The molecule has 2 aromatic rings. The molecule has 96 valence electrons. The number of carbonyl (C=O) groups excluding carboxylic acids is 1. The Bertz CT molecular complexity index is 534. The SMILES string of the molecule is Cn1cc(CNC(=O)c2ncc[nH]2)c(C(F)F)n1. The van der Waals surface area contributed by atoms with Crippen LogP contribution in [0.3, 0.4) is 0 Å². The number of nitrogens with zero attached hydrogens (tertiary/aromatic N) is 3. The Balaban J connectivity index is 2.04. The number of imidazole rings is 1. The minimum Gasteiger partial charge on any atom is -0.345 e. The second-order valence-corrected chi connectivity index (χ2v) is 3.63. The van der Waals surface area contributed by atoms with E-state index in [-0.39, 0.29) is 23.6 Å². The molecule has 18 heavy (non-hydrogen) atoms. The Morgan fingerprint density at radius 3 is 3.00 bits per heavy atom. The highest BCUT2D eigenvalue weighted by Gasteiger charge is 2.18. The van der Waals surface area contributed by atoms with Crippen LogP contribution >= 0.6 is 0 Å². The molecule has 0 bridgehead atoms. The quantitative estimate of drug-likeness (QED) is 0.856. The van der Waals surface area contributed by atoms with Gasteiger partial charge in [0.25, 0.3) is 12.3 Å². The Morgan fingerprint density at radius 2 is 2.39 bits per heavy atom. The van der Waals surface area contributed by atoms with Crippen molar-refractivity contribution in [1.29, 1.82) is 0 Å². The van der Waals surface area contributed by atoms with Crippen LogP contribution in [0.15, 0.2) is 18.6 Å². The summed E-state index contributed by atoms with van der Waals surface area (Å²) in [7, 11) is 1.55. The molecule has 0 aliphatic heterocycles. The minimum atomic E-state index is -2.67. The monoisotopic (exact) mass is 255 g/mol. The molecule has 2 aromatic heterocycles. The molecule has 6 nitrogen and oxygen atoms in total. The molecule has 0 unspecified atom stereocenters. The van der Waals surface area contributed by atoms with Crippen LogP contribution in [0.5, 0.6) is 0 Å². The summed E-state index contributed by atoms with van der Waals surface area (Å²) in [5.41, 5.74) is -0.0374. The van der Waals surface area contributed by atoms with Gasteiger partial charge < -0.3 is 10.3 Å². The first-order valence-electron chi connectivity index (χ1n) is 5.16. The summed E-state index contributed by atoms with van der Waals surface area (Å²) in [5, 5.41) is 6.13. The molecule has 0 atom stereocenters. The number of halogens is 2. The topological polar surface area (TPSA) is 75.6 Å². The number of amides is 1. The van der Waals surface area contributed by atoms with E-state index in [2.05, 4.69) is 20.4 Å². The van der Waals surface area contributed by atoms with Crippen LogP contribution in [0, 0.1) is 0 Å². The van der Waals surface area contributed by atoms with Crippen molar-refractivity contribution in [2.75, 3.05) is 0 Å². The Labute approximate surface area is 101 Å². The lowest BCUT2D eigenvalue weighted by molar-refractivity contribution is 0.0939. The van der Waals surface area contributed by atoms with E-state index in [0.717, 1.165) is 0 Å². The number of H-pyrrole nitrogens is 1. The summed E-state index contributed by atoms with van der Waals surface area (Å²) in [6.45, 7) is -0.0208. The van der Waals surface area contributed by atoms with Crippen molar-refractivity contribution < 1.29 is 13.6 Å². The number of alkyl halides is 2. The van der Waals surface area contributed by atoms with Crippen molar-refractivity contribution in [3.8, 4) is 0 Å². The number of aryl methyl sites for hydroxylation is 1. The van der Waals surface area contributed by atoms with E-state index in [1.54, 1.807) is 7.05 Å². The van der Waals surface area contributed by atoms with Gasteiger partial charge in [-0.2, -0.15) is 5.10 Å². The molecule has 0 spiro atoms. The van der Waals surface area contributed by atoms with Crippen LogP contribution in [0.2, 0.25) is 0 Å². The Morgan fingerprint density at radius 1 is 1.61 bits per heavy atom. The number of hydrogen-bond acceptors (Lipinski definition) is 3.